The van der Waals surface area contributed by atoms with Crippen LogP contribution in [0.25, 0.3) is 0 Å². The van der Waals surface area contributed by atoms with Gasteiger partial charge >= 0.3 is 0 Å². The van der Waals surface area contributed by atoms with Crippen molar-refractivity contribution in [1.82, 2.24) is 0 Å². The van der Waals surface area contributed by atoms with Gasteiger partial charge in [-0.15, -0.1) is 0 Å². The van der Waals surface area contributed by atoms with Gasteiger partial charge in [0.15, 0.2) is 0 Å². The molecular formula is C17H37N. The fourth-order valence-electron chi connectivity index (χ4n) is 2.53. The fourth-order valence-corrected chi connectivity index (χ4v) is 2.53. The molecular weight excluding hydrogens is 218 g/mol. The second-order valence-electron chi connectivity index (χ2n) is 6.92. The van der Waals surface area contributed by atoms with Gasteiger partial charge in [-0.05, 0) is 30.6 Å². The fraction of sp³-hybridized carbons (Fsp3) is 1.00. The normalized spacial score (nSPS) is 15.3. The second kappa shape index (κ2) is 10.8. The summed E-state index contributed by atoms with van der Waals surface area (Å²) in [6.07, 6.45) is 10.7. The molecule has 0 rings (SSSR count). The smallest absolute Gasteiger partial charge is 0.00388 e. The predicted molar refractivity (Wildman–Crippen MR) is 83.8 cm³/mol. The van der Waals surface area contributed by atoms with Crippen molar-refractivity contribution in [2.24, 2.45) is 23.5 Å². The molecule has 0 aliphatic carbocycles. The van der Waals surface area contributed by atoms with Gasteiger partial charge in [0, 0.05) is 6.04 Å². The van der Waals surface area contributed by atoms with Crippen molar-refractivity contribution >= 4 is 0 Å². The van der Waals surface area contributed by atoms with Crippen LogP contribution >= 0.6 is 0 Å². The van der Waals surface area contributed by atoms with Crippen molar-refractivity contribution in [1.29, 1.82) is 0 Å². The van der Waals surface area contributed by atoms with Gasteiger partial charge in [0.05, 0.1) is 0 Å². The van der Waals surface area contributed by atoms with Crippen LogP contribution in [0.5, 0.6) is 0 Å². The van der Waals surface area contributed by atoms with Crippen LogP contribution in [-0.2, 0) is 0 Å². The minimum absolute atomic E-state index is 0.423. The Bertz CT molecular complexity index is 174. The van der Waals surface area contributed by atoms with Crippen molar-refractivity contribution in [3.63, 3.8) is 0 Å². The topological polar surface area (TPSA) is 26.0 Å². The van der Waals surface area contributed by atoms with Gasteiger partial charge in [0.1, 0.15) is 0 Å². The zero-order valence-corrected chi connectivity index (χ0v) is 13.5. The largest absolute Gasteiger partial charge is 0.328 e. The number of nitrogens with two attached hydrogens (primary N) is 1. The highest BCUT2D eigenvalue weighted by atomic mass is 14.6. The van der Waals surface area contributed by atoms with Gasteiger partial charge in [-0.2, -0.15) is 0 Å². The van der Waals surface area contributed by atoms with Gasteiger partial charge in [0.2, 0.25) is 0 Å². The van der Waals surface area contributed by atoms with Crippen LogP contribution in [0, 0.1) is 17.8 Å². The van der Waals surface area contributed by atoms with E-state index in [0.29, 0.717) is 6.04 Å². The Morgan fingerprint density at radius 3 is 1.83 bits per heavy atom. The zero-order chi connectivity index (χ0) is 14.0. The zero-order valence-electron chi connectivity index (χ0n) is 13.5. The highest BCUT2D eigenvalue weighted by Gasteiger charge is 2.13. The molecule has 1 nitrogen and oxygen atoms in total. The molecule has 0 fully saturated rings. The lowest BCUT2D eigenvalue weighted by atomic mass is 9.87. The Labute approximate surface area is 116 Å². The molecule has 0 aliphatic heterocycles. The summed E-state index contributed by atoms with van der Waals surface area (Å²) in [6, 6.07) is 0.423. The van der Waals surface area contributed by atoms with Crippen LogP contribution in [0.1, 0.15) is 86.0 Å². The summed E-state index contributed by atoms with van der Waals surface area (Å²) in [4.78, 5) is 0. The maximum absolute atomic E-state index is 6.13. The maximum Gasteiger partial charge on any atom is 0.00388 e. The van der Waals surface area contributed by atoms with E-state index in [2.05, 4.69) is 34.6 Å². The molecule has 0 aromatic heterocycles. The molecule has 0 radical (unpaired) electrons. The molecule has 18 heavy (non-hydrogen) atoms. The first-order valence-corrected chi connectivity index (χ1v) is 8.21. The Balaban J connectivity index is 3.88. The van der Waals surface area contributed by atoms with Gasteiger partial charge < -0.3 is 5.73 Å². The SMILES string of the molecule is CCC(N)CC(CCCCC(C)C)CCC(C)C. The molecule has 0 spiro atoms. The van der Waals surface area contributed by atoms with Crippen molar-refractivity contribution in [3.8, 4) is 0 Å². The Morgan fingerprint density at radius 1 is 0.778 bits per heavy atom. The van der Waals surface area contributed by atoms with Crippen LogP contribution in [0.4, 0.5) is 0 Å². The predicted octanol–water partition coefficient (Wildman–Crippen LogP) is 5.38. The third kappa shape index (κ3) is 11.1. The molecule has 0 heterocycles. The molecule has 1 heteroatoms. The minimum Gasteiger partial charge on any atom is -0.328 e. The van der Waals surface area contributed by atoms with Crippen LogP contribution in [0.3, 0.4) is 0 Å². The molecule has 110 valence electrons. The quantitative estimate of drug-likeness (QED) is 0.493. The van der Waals surface area contributed by atoms with E-state index in [1.54, 1.807) is 0 Å². The molecule has 0 bridgehead atoms. The van der Waals surface area contributed by atoms with E-state index in [-0.39, 0.29) is 0 Å². The van der Waals surface area contributed by atoms with Crippen LogP contribution in [0.2, 0.25) is 0 Å². The lowest BCUT2D eigenvalue weighted by molar-refractivity contribution is 0.335. The van der Waals surface area contributed by atoms with Crippen molar-refractivity contribution in [3.05, 3.63) is 0 Å². The Hall–Kier alpha value is -0.0400. The van der Waals surface area contributed by atoms with E-state index in [1.807, 2.05) is 0 Å². The highest BCUT2D eigenvalue weighted by Crippen LogP contribution is 2.24. The average molecular weight is 255 g/mol. The molecule has 2 unspecified atom stereocenters. The van der Waals surface area contributed by atoms with E-state index in [1.165, 1.54) is 44.9 Å². The van der Waals surface area contributed by atoms with Gasteiger partial charge in [-0.25, -0.2) is 0 Å². The van der Waals surface area contributed by atoms with E-state index in [4.69, 9.17) is 5.73 Å². The molecule has 0 aromatic rings. The Morgan fingerprint density at radius 2 is 1.33 bits per heavy atom. The van der Waals surface area contributed by atoms with E-state index >= 15 is 0 Å². The lowest BCUT2D eigenvalue weighted by Gasteiger charge is -2.21. The van der Waals surface area contributed by atoms with Gasteiger partial charge in [-0.3, -0.25) is 0 Å². The van der Waals surface area contributed by atoms with Gasteiger partial charge in [0.25, 0.3) is 0 Å². The molecule has 0 aromatic carbocycles. The monoisotopic (exact) mass is 255 g/mol. The van der Waals surface area contributed by atoms with Crippen LogP contribution < -0.4 is 5.73 Å². The summed E-state index contributed by atoms with van der Waals surface area (Å²) in [6.45, 7) is 11.5. The Kier molecular flexibility index (Phi) is 10.8. The van der Waals surface area contributed by atoms with E-state index < -0.39 is 0 Å². The number of hydrogen-bond acceptors (Lipinski definition) is 1. The summed E-state index contributed by atoms with van der Waals surface area (Å²) < 4.78 is 0. The first-order chi connectivity index (χ1) is 8.45. The van der Waals surface area contributed by atoms with Crippen molar-refractivity contribution < 1.29 is 0 Å². The van der Waals surface area contributed by atoms with E-state index in [9.17, 15) is 0 Å². The summed E-state index contributed by atoms with van der Waals surface area (Å²) in [5.41, 5.74) is 6.13. The van der Waals surface area contributed by atoms with Gasteiger partial charge in [-0.1, -0.05) is 73.1 Å². The van der Waals surface area contributed by atoms with E-state index in [0.717, 1.165) is 24.2 Å². The molecule has 2 N–H and O–H groups in total. The first kappa shape index (κ1) is 18.0. The van der Waals surface area contributed by atoms with Crippen molar-refractivity contribution in [2.75, 3.05) is 0 Å². The third-order valence-corrected chi connectivity index (χ3v) is 3.96. The van der Waals surface area contributed by atoms with Crippen LogP contribution in [-0.4, -0.2) is 6.04 Å². The maximum atomic E-state index is 6.13. The average Bonchev–Trinajstić information content (AvgIpc) is 2.30. The highest BCUT2D eigenvalue weighted by molar-refractivity contribution is 4.69. The summed E-state index contributed by atoms with van der Waals surface area (Å²) >= 11 is 0. The minimum atomic E-state index is 0.423. The summed E-state index contributed by atoms with van der Waals surface area (Å²) in [7, 11) is 0. The second-order valence-corrected chi connectivity index (χ2v) is 6.92. The molecule has 0 saturated heterocycles. The first-order valence-electron chi connectivity index (χ1n) is 8.21. The standard InChI is InChI=1S/C17H37N/c1-6-17(18)13-16(12-11-15(4)5)10-8-7-9-14(2)3/h14-17H,6-13,18H2,1-5H3. The molecule has 2 atom stereocenters. The lowest BCUT2D eigenvalue weighted by Crippen LogP contribution is -2.23. The molecule has 0 aliphatic rings. The van der Waals surface area contributed by atoms with Crippen molar-refractivity contribution in [2.45, 2.75) is 92.0 Å². The summed E-state index contributed by atoms with van der Waals surface area (Å²) in [5.74, 6) is 2.56. The summed E-state index contributed by atoms with van der Waals surface area (Å²) in [5, 5.41) is 0. The third-order valence-electron chi connectivity index (χ3n) is 3.96. The molecule has 0 amide bonds. The number of rotatable bonds is 11. The number of unbranched alkanes of at least 4 members (excludes halogenated alkanes) is 1. The van der Waals surface area contributed by atoms with Crippen LogP contribution in [0.15, 0.2) is 0 Å². The number of hydrogen-bond donors (Lipinski definition) is 1. The molecule has 0 saturated carbocycles.